The van der Waals surface area contributed by atoms with Crippen molar-refractivity contribution >= 4 is 20.9 Å². The maximum Gasteiger partial charge on any atom is 0.266 e. The quantitative estimate of drug-likeness (QED) is 0.351. The van der Waals surface area contributed by atoms with Gasteiger partial charge in [0.25, 0.3) is 5.56 Å². The highest BCUT2D eigenvalue weighted by atomic mass is 32.2. The molecule has 1 aromatic heterocycles. The molecule has 1 heterocycles. The molecule has 4 rings (SSSR count). The van der Waals surface area contributed by atoms with Crippen molar-refractivity contribution < 1.29 is 8.42 Å². The normalized spacial score (nSPS) is 13.3. The van der Waals surface area contributed by atoms with E-state index in [1.807, 2.05) is 50.2 Å². The highest BCUT2D eigenvalue weighted by Crippen LogP contribution is 2.29. The SMILES string of the molecule is Cc1cc(C)cc(-n2c(C(C)N(C)S(=O)(=O)c3ccc(C(C)(C)C)cc3)nc3ccccc3c2=O)c1. The van der Waals surface area contributed by atoms with Gasteiger partial charge in [0.05, 0.1) is 27.5 Å². The van der Waals surface area contributed by atoms with Crippen molar-refractivity contribution in [1.82, 2.24) is 13.9 Å². The zero-order valence-electron chi connectivity index (χ0n) is 21.9. The van der Waals surface area contributed by atoms with E-state index < -0.39 is 16.1 Å². The van der Waals surface area contributed by atoms with Crippen molar-refractivity contribution in [3.63, 3.8) is 0 Å². The predicted octanol–water partition coefficient (Wildman–Crippen LogP) is 5.68. The highest BCUT2D eigenvalue weighted by Gasteiger charge is 2.30. The largest absolute Gasteiger partial charge is 0.268 e. The number of benzene rings is 3. The van der Waals surface area contributed by atoms with E-state index in [1.54, 1.807) is 41.8 Å². The second-order valence-electron chi connectivity index (χ2n) is 10.4. The molecule has 0 amide bonds. The lowest BCUT2D eigenvalue weighted by Crippen LogP contribution is -2.35. The summed E-state index contributed by atoms with van der Waals surface area (Å²) in [6.07, 6.45) is 0. The summed E-state index contributed by atoms with van der Waals surface area (Å²) in [5, 5.41) is 0.482. The van der Waals surface area contributed by atoms with Gasteiger partial charge in [0.2, 0.25) is 10.0 Å². The number of nitrogens with zero attached hydrogens (tertiary/aromatic N) is 3. The van der Waals surface area contributed by atoms with Crippen LogP contribution in [-0.4, -0.2) is 29.3 Å². The van der Waals surface area contributed by atoms with E-state index in [1.165, 1.54) is 11.4 Å². The molecule has 4 aromatic rings. The van der Waals surface area contributed by atoms with Crippen LogP contribution in [0, 0.1) is 13.8 Å². The Hall–Kier alpha value is -3.29. The summed E-state index contributed by atoms with van der Waals surface area (Å²) < 4.78 is 30.1. The molecule has 0 aliphatic rings. The maximum absolute atomic E-state index is 13.7. The molecule has 0 aliphatic heterocycles. The van der Waals surface area contributed by atoms with Crippen molar-refractivity contribution in [2.75, 3.05) is 7.05 Å². The third kappa shape index (κ3) is 4.73. The Bertz CT molecular complexity index is 1580. The second-order valence-corrected chi connectivity index (χ2v) is 12.4. The van der Waals surface area contributed by atoms with Crippen LogP contribution in [0.4, 0.5) is 0 Å². The Balaban J connectivity index is 1.87. The molecule has 188 valence electrons. The maximum atomic E-state index is 13.7. The molecule has 0 aliphatic carbocycles. The molecule has 6 nitrogen and oxygen atoms in total. The molecule has 0 bridgehead atoms. The fourth-order valence-electron chi connectivity index (χ4n) is 4.42. The van der Waals surface area contributed by atoms with Crippen LogP contribution < -0.4 is 5.56 Å². The zero-order chi connectivity index (χ0) is 26.4. The third-order valence-corrected chi connectivity index (χ3v) is 8.53. The minimum absolute atomic E-state index is 0.0848. The van der Waals surface area contributed by atoms with E-state index in [0.717, 1.165) is 16.7 Å². The molecule has 0 saturated carbocycles. The van der Waals surface area contributed by atoms with Crippen LogP contribution in [0.25, 0.3) is 16.6 Å². The van der Waals surface area contributed by atoms with Crippen LogP contribution >= 0.6 is 0 Å². The van der Waals surface area contributed by atoms with Crippen LogP contribution in [0.3, 0.4) is 0 Å². The molecule has 0 saturated heterocycles. The summed E-state index contributed by atoms with van der Waals surface area (Å²) in [7, 11) is -2.32. The summed E-state index contributed by atoms with van der Waals surface area (Å²) in [4.78, 5) is 18.7. The van der Waals surface area contributed by atoms with E-state index >= 15 is 0 Å². The average molecular weight is 504 g/mol. The van der Waals surface area contributed by atoms with Gasteiger partial charge in [-0.05, 0) is 79.3 Å². The first-order valence-electron chi connectivity index (χ1n) is 12.0. The fraction of sp³-hybridized carbons (Fsp3) is 0.310. The smallest absolute Gasteiger partial charge is 0.266 e. The number of hydrogen-bond donors (Lipinski definition) is 0. The molecular weight excluding hydrogens is 470 g/mol. The second kappa shape index (κ2) is 9.30. The van der Waals surface area contributed by atoms with Crippen molar-refractivity contribution in [2.24, 2.45) is 0 Å². The van der Waals surface area contributed by atoms with Gasteiger partial charge in [-0.2, -0.15) is 4.31 Å². The standard InChI is InChI=1S/C29H33N3O3S/c1-19-16-20(2)18-23(17-19)32-27(30-26-11-9-8-10-25(26)28(32)33)21(3)31(7)36(34,35)24-14-12-22(13-15-24)29(4,5)6/h8-18,21H,1-7H3. The van der Waals surface area contributed by atoms with Gasteiger partial charge in [-0.3, -0.25) is 9.36 Å². The Kier molecular flexibility index (Phi) is 6.66. The molecule has 1 unspecified atom stereocenters. The first-order valence-corrected chi connectivity index (χ1v) is 13.4. The van der Waals surface area contributed by atoms with E-state index in [-0.39, 0.29) is 15.9 Å². The monoisotopic (exact) mass is 503 g/mol. The van der Waals surface area contributed by atoms with Crippen LogP contribution in [0.5, 0.6) is 0 Å². The summed E-state index contributed by atoms with van der Waals surface area (Å²) in [6.45, 7) is 12.0. The Morgan fingerprint density at radius 1 is 0.917 bits per heavy atom. The molecule has 36 heavy (non-hydrogen) atoms. The Morgan fingerprint density at radius 3 is 2.08 bits per heavy atom. The molecule has 3 aromatic carbocycles. The predicted molar refractivity (Wildman–Crippen MR) is 145 cm³/mol. The van der Waals surface area contributed by atoms with Gasteiger partial charge in [0, 0.05) is 7.05 Å². The molecule has 0 N–H and O–H groups in total. The van der Waals surface area contributed by atoms with Crippen LogP contribution in [0.1, 0.15) is 56.3 Å². The van der Waals surface area contributed by atoms with Gasteiger partial charge >= 0.3 is 0 Å². The molecule has 7 heteroatoms. The lowest BCUT2D eigenvalue weighted by molar-refractivity contribution is 0.379. The van der Waals surface area contributed by atoms with E-state index in [0.29, 0.717) is 22.4 Å². The number of rotatable bonds is 5. The summed E-state index contributed by atoms with van der Waals surface area (Å²) >= 11 is 0. The van der Waals surface area contributed by atoms with Gasteiger partial charge in [-0.1, -0.05) is 51.1 Å². The van der Waals surface area contributed by atoms with Gasteiger partial charge in [0.15, 0.2) is 0 Å². The molecule has 0 radical (unpaired) electrons. The summed E-state index contributed by atoms with van der Waals surface area (Å²) in [5.74, 6) is 0.362. The zero-order valence-corrected chi connectivity index (χ0v) is 22.7. The molecule has 0 spiro atoms. The van der Waals surface area contributed by atoms with E-state index in [2.05, 4.69) is 20.8 Å². The average Bonchev–Trinajstić information content (AvgIpc) is 2.82. The highest BCUT2D eigenvalue weighted by molar-refractivity contribution is 7.89. The van der Waals surface area contributed by atoms with Gasteiger partial charge in [-0.25, -0.2) is 13.4 Å². The molecule has 1 atom stereocenters. The minimum atomic E-state index is -3.85. The van der Waals surface area contributed by atoms with E-state index in [4.69, 9.17) is 4.98 Å². The van der Waals surface area contributed by atoms with Crippen LogP contribution in [0.2, 0.25) is 0 Å². The number of aryl methyl sites for hydroxylation is 2. The van der Waals surface area contributed by atoms with Crippen molar-refractivity contribution in [1.29, 1.82) is 0 Å². The number of para-hydroxylation sites is 1. The topological polar surface area (TPSA) is 72.3 Å². The molecule has 0 fully saturated rings. The van der Waals surface area contributed by atoms with Crippen molar-refractivity contribution in [2.45, 2.75) is 57.9 Å². The lowest BCUT2D eigenvalue weighted by atomic mass is 9.87. The first-order chi connectivity index (χ1) is 16.8. The fourth-order valence-corrected chi connectivity index (χ4v) is 5.75. The third-order valence-electron chi connectivity index (χ3n) is 6.58. The van der Waals surface area contributed by atoms with Crippen molar-refractivity contribution in [3.05, 3.63) is 99.6 Å². The van der Waals surface area contributed by atoms with E-state index in [9.17, 15) is 13.2 Å². The summed E-state index contributed by atoms with van der Waals surface area (Å²) in [5.41, 5.74) is 3.94. The van der Waals surface area contributed by atoms with Crippen LogP contribution in [0.15, 0.2) is 76.4 Å². The Morgan fingerprint density at radius 2 is 1.50 bits per heavy atom. The minimum Gasteiger partial charge on any atom is -0.268 e. The molecular formula is C29H33N3O3S. The van der Waals surface area contributed by atoms with Crippen molar-refractivity contribution in [3.8, 4) is 5.69 Å². The Labute approximate surface area is 213 Å². The number of aromatic nitrogens is 2. The van der Waals surface area contributed by atoms with Gasteiger partial charge in [-0.15, -0.1) is 0 Å². The number of hydrogen-bond acceptors (Lipinski definition) is 4. The number of fused-ring (bicyclic) bond motifs is 1. The number of sulfonamides is 1. The first kappa shape index (κ1) is 25.8. The van der Waals surface area contributed by atoms with Gasteiger partial charge < -0.3 is 0 Å². The van der Waals surface area contributed by atoms with Crippen LogP contribution in [-0.2, 0) is 15.4 Å². The summed E-state index contributed by atoms with van der Waals surface area (Å²) in [6, 6.07) is 19.3. The van der Waals surface area contributed by atoms with Gasteiger partial charge in [0.1, 0.15) is 5.82 Å². The lowest BCUT2D eigenvalue weighted by Gasteiger charge is -2.27.